The van der Waals surface area contributed by atoms with Crippen LogP contribution in [0.5, 0.6) is 0 Å². The van der Waals surface area contributed by atoms with E-state index in [2.05, 4.69) is 16.0 Å². The number of carbonyl (C=O) groups is 3. The second-order valence-corrected chi connectivity index (χ2v) is 9.98. The molecule has 3 N–H and O–H groups in total. The molecule has 0 fully saturated rings. The molecule has 1 aromatic heterocycles. The van der Waals surface area contributed by atoms with Crippen molar-refractivity contribution in [1.82, 2.24) is 5.32 Å². The number of hydrogen-bond donors (Lipinski definition) is 3. The number of thioether (sulfide) groups is 1. The molecule has 4 aromatic rings. The van der Waals surface area contributed by atoms with Crippen LogP contribution in [0.2, 0.25) is 5.02 Å². The first-order valence-corrected chi connectivity index (χ1v) is 12.9. The minimum atomic E-state index is -0.514. The van der Waals surface area contributed by atoms with Crippen molar-refractivity contribution in [2.24, 2.45) is 0 Å². The Morgan fingerprint density at radius 1 is 0.868 bits per heavy atom. The predicted octanol–water partition coefficient (Wildman–Crippen LogP) is 6.46. The molecule has 4 rings (SSSR count). The lowest BCUT2D eigenvalue weighted by Crippen LogP contribution is -2.30. The fourth-order valence-corrected chi connectivity index (χ4v) is 4.40. The molecule has 0 aliphatic carbocycles. The Balaban J connectivity index is 1.39. The topological polar surface area (TPSA) is 100 Å². The maximum Gasteiger partial charge on any atom is 0.272 e. The van der Waals surface area contributed by atoms with E-state index in [1.165, 1.54) is 24.1 Å². The molecule has 0 spiro atoms. The number of hydrogen-bond acceptors (Lipinski definition) is 5. The first-order chi connectivity index (χ1) is 18.4. The van der Waals surface area contributed by atoms with Crippen LogP contribution in [-0.2, 0) is 9.59 Å². The van der Waals surface area contributed by atoms with Crippen LogP contribution in [0.25, 0.3) is 6.08 Å². The summed E-state index contributed by atoms with van der Waals surface area (Å²) in [6.07, 6.45) is 2.94. The first kappa shape index (κ1) is 26.8. The Hall–Kier alpha value is -4.27. The number of rotatable bonds is 9. The van der Waals surface area contributed by atoms with Gasteiger partial charge in [-0.05, 0) is 73.7 Å². The molecule has 7 nitrogen and oxygen atoms in total. The normalized spacial score (nSPS) is 11.9. The molecule has 1 atom stereocenters. The van der Waals surface area contributed by atoms with E-state index in [9.17, 15) is 14.4 Å². The van der Waals surface area contributed by atoms with Crippen LogP contribution in [0.3, 0.4) is 0 Å². The van der Waals surface area contributed by atoms with Gasteiger partial charge in [0.15, 0.2) is 0 Å². The van der Waals surface area contributed by atoms with Gasteiger partial charge in [0.05, 0.1) is 11.5 Å². The molecule has 192 valence electrons. The van der Waals surface area contributed by atoms with Crippen molar-refractivity contribution in [2.45, 2.75) is 17.1 Å². The predicted molar refractivity (Wildman–Crippen MR) is 151 cm³/mol. The van der Waals surface area contributed by atoms with E-state index in [0.717, 1.165) is 4.90 Å². The molecule has 0 radical (unpaired) electrons. The molecule has 0 bridgehead atoms. The molecule has 0 aliphatic heterocycles. The third-order valence-corrected chi connectivity index (χ3v) is 6.59. The summed E-state index contributed by atoms with van der Waals surface area (Å²) in [4.78, 5) is 39.1. The van der Waals surface area contributed by atoms with Crippen molar-refractivity contribution < 1.29 is 18.8 Å². The summed E-state index contributed by atoms with van der Waals surface area (Å²) in [5.74, 6) is -0.674. The summed E-state index contributed by atoms with van der Waals surface area (Å²) in [6.45, 7) is 1.81. The standard InChI is InChI=1S/C29H24ClN3O4S/c1-19(27(34)32-23-10-5-9-21(30)17-23)38-25-14-12-22(13-15-25)31-29(36)26(18-24-11-6-16-37-24)33-28(35)20-7-3-2-4-8-20/h2-19H,1H3,(H,31,36)(H,32,34)(H,33,35)/b26-18-. The summed E-state index contributed by atoms with van der Waals surface area (Å²) < 4.78 is 5.32. The van der Waals surface area contributed by atoms with Gasteiger partial charge in [0.2, 0.25) is 5.91 Å². The molecule has 3 aromatic carbocycles. The molecule has 9 heteroatoms. The lowest BCUT2D eigenvalue weighted by atomic mass is 10.2. The Kier molecular flexibility index (Phi) is 9.02. The van der Waals surface area contributed by atoms with Gasteiger partial charge in [-0.2, -0.15) is 0 Å². The average molecular weight is 546 g/mol. The lowest BCUT2D eigenvalue weighted by Gasteiger charge is -2.13. The Labute approximate surface area is 229 Å². The van der Waals surface area contributed by atoms with Crippen molar-refractivity contribution >= 4 is 58.5 Å². The number of amides is 3. The van der Waals surface area contributed by atoms with Gasteiger partial charge in [0, 0.05) is 32.9 Å². The summed E-state index contributed by atoms with van der Waals surface area (Å²) in [5.41, 5.74) is 1.60. The number of nitrogens with one attached hydrogen (secondary N) is 3. The highest BCUT2D eigenvalue weighted by atomic mass is 35.5. The highest BCUT2D eigenvalue weighted by Gasteiger charge is 2.17. The number of carbonyl (C=O) groups excluding carboxylic acids is 3. The van der Waals surface area contributed by atoms with Gasteiger partial charge < -0.3 is 20.4 Å². The van der Waals surface area contributed by atoms with Crippen LogP contribution in [0.4, 0.5) is 11.4 Å². The maximum atomic E-state index is 13.1. The Bertz CT molecular complexity index is 1440. The lowest BCUT2D eigenvalue weighted by molar-refractivity contribution is -0.115. The van der Waals surface area contributed by atoms with Crippen LogP contribution < -0.4 is 16.0 Å². The Morgan fingerprint density at radius 3 is 2.32 bits per heavy atom. The molecular weight excluding hydrogens is 522 g/mol. The van der Waals surface area contributed by atoms with E-state index in [1.807, 2.05) is 12.1 Å². The van der Waals surface area contributed by atoms with Gasteiger partial charge in [0.1, 0.15) is 11.5 Å². The van der Waals surface area contributed by atoms with Crippen molar-refractivity contribution in [2.75, 3.05) is 10.6 Å². The zero-order valence-corrected chi connectivity index (χ0v) is 21.9. The van der Waals surface area contributed by atoms with Gasteiger partial charge in [0.25, 0.3) is 11.8 Å². The number of anilines is 2. The van der Waals surface area contributed by atoms with Gasteiger partial charge >= 0.3 is 0 Å². The number of benzene rings is 3. The van der Waals surface area contributed by atoms with E-state index in [-0.39, 0.29) is 16.9 Å². The zero-order chi connectivity index (χ0) is 26.9. The second-order valence-electron chi connectivity index (χ2n) is 8.13. The summed E-state index contributed by atoms with van der Waals surface area (Å²) >= 11 is 7.36. The van der Waals surface area contributed by atoms with Gasteiger partial charge in [-0.3, -0.25) is 14.4 Å². The van der Waals surface area contributed by atoms with Crippen LogP contribution >= 0.6 is 23.4 Å². The smallest absolute Gasteiger partial charge is 0.272 e. The average Bonchev–Trinajstić information content (AvgIpc) is 3.43. The molecule has 1 unspecified atom stereocenters. The third-order valence-electron chi connectivity index (χ3n) is 5.25. The summed E-state index contributed by atoms with van der Waals surface area (Å²) in [7, 11) is 0. The monoisotopic (exact) mass is 545 g/mol. The van der Waals surface area contributed by atoms with Gasteiger partial charge in [-0.15, -0.1) is 11.8 Å². The van der Waals surface area contributed by atoms with Gasteiger partial charge in [-0.1, -0.05) is 35.9 Å². The fourth-order valence-electron chi connectivity index (χ4n) is 3.34. The molecule has 38 heavy (non-hydrogen) atoms. The van der Waals surface area contributed by atoms with Crippen LogP contribution in [0.1, 0.15) is 23.0 Å². The van der Waals surface area contributed by atoms with E-state index in [4.69, 9.17) is 16.0 Å². The van der Waals surface area contributed by atoms with E-state index in [1.54, 1.807) is 85.8 Å². The quantitative estimate of drug-likeness (QED) is 0.165. The van der Waals surface area contributed by atoms with E-state index >= 15 is 0 Å². The number of furan rings is 1. The molecule has 0 saturated carbocycles. The zero-order valence-electron chi connectivity index (χ0n) is 20.3. The maximum absolute atomic E-state index is 13.1. The largest absolute Gasteiger partial charge is 0.465 e. The molecule has 3 amide bonds. The van der Waals surface area contributed by atoms with Gasteiger partial charge in [-0.25, -0.2) is 0 Å². The first-order valence-electron chi connectivity index (χ1n) is 11.6. The Morgan fingerprint density at radius 2 is 1.63 bits per heavy atom. The van der Waals surface area contributed by atoms with Crippen LogP contribution in [0, 0.1) is 0 Å². The summed E-state index contributed by atoms with van der Waals surface area (Å²) in [6, 6.07) is 26.0. The van der Waals surface area contributed by atoms with Crippen molar-refractivity contribution in [3.05, 3.63) is 119 Å². The van der Waals surface area contributed by atoms with Crippen LogP contribution in [0.15, 0.2) is 112 Å². The van der Waals surface area contributed by atoms with Crippen molar-refractivity contribution in [1.29, 1.82) is 0 Å². The van der Waals surface area contributed by atoms with Crippen molar-refractivity contribution in [3.63, 3.8) is 0 Å². The minimum Gasteiger partial charge on any atom is -0.465 e. The summed E-state index contributed by atoms with van der Waals surface area (Å²) in [5, 5.41) is 8.47. The molecule has 0 saturated heterocycles. The minimum absolute atomic E-state index is 0.0264. The second kappa shape index (κ2) is 12.8. The SMILES string of the molecule is CC(Sc1ccc(NC(=O)/C(=C/c2ccco2)NC(=O)c2ccccc2)cc1)C(=O)Nc1cccc(Cl)c1. The number of halogens is 1. The molecular formula is C29H24ClN3O4S. The molecule has 0 aliphatic rings. The van der Waals surface area contributed by atoms with E-state index < -0.39 is 11.8 Å². The molecule has 1 heterocycles. The highest BCUT2D eigenvalue weighted by Crippen LogP contribution is 2.26. The van der Waals surface area contributed by atoms with Crippen molar-refractivity contribution in [3.8, 4) is 0 Å². The third kappa shape index (κ3) is 7.61. The van der Waals surface area contributed by atoms with Crippen LogP contribution in [-0.4, -0.2) is 23.0 Å². The fraction of sp³-hybridized carbons (Fsp3) is 0.0690. The highest BCUT2D eigenvalue weighted by molar-refractivity contribution is 8.00. The van der Waals surface area contributed by atoms with E-state index in [0.29, 0.717) is 27.7 Å².